The van der Waals surface area contributed by atoms with Crippen LogP contribution in [-0.4, -0.2) is 26.3 Å². The molecule has 0 aromatic heterocycles. The minimum atomic E-state index is 0.630. The standard InChI is InChI=1S/C11H25NO/c1-5-7-10(3)11(12-6-2)8-9-13-4/h10-12H,5-9H2,1-4H3. The molecule has 0 aromatic carbocycles. The third kappa shape index (κ3) is 6.05. The van der Waals surface area contributed by atoms with E-state index in [1.807, 2.05) is 0 Å². The average molecular weight is 187 g/mol. The quantitative estimate of drug-likeness (QED) is 0.630. The molecule has 2 unspecified atom stereocenters. The topological polar surface area (TPSA) is 21.3 Å². The molecule has 0 aliphatic heterocycles. The summed E-state index contributed by atoms with van der Waals surface area (Å²) in [5.74, 6) is 0.764. The molecule has 0 radical (unpaired) electrons. The Labute approximate surface area is 83.1 Å². The molecule has 2 atom stereocenters. The van der Waals surface area contributed by atoms with E-state index in [-0.39, 0.29) is 0 Å². The highest BCUT2D eigenvalue weighted by atomic mass is 16.5. The summed E-state index contributed by atoms with van der Waals surface area (Å²) >= 11 is 0. The number of methoxy groups -OCH3 is 1. The minimum absolute atomic E-state index is 0.630. The summed E-state index contributed by atoms with van der Waals surface area (Å²) in [4.78, 5) is 0. The summed E-state index contributed by atoms with van der Waals surface area (Å²) in [7, 11) is 1.77. The monoisotopic (exact) mass is 187 g/mol. The first kappa shape index (κ1) is 12.9. The van der Waals surface area contributed by atoms with Gasteiger partial charge in [-0.3, -0.25) is 0 Å². The summed E-state index contributed by atoms with van der Waals surface area (Å²) < 4.78 is 5.11. The second-order valence-corrected chi connectivity index (χ2v) is 3.71. The Morgan fingerprint density at radius 2 is 1.92 bits per heavy atom. The van der Waals surface area contributed by atoms with Gasteiger partial charge >= 0.3 is 0 Å². The summed E-state index contributed by atoms with van der Waals surface area (Å²) in [6.07, 6.45) is 3.71. The summed E-state index contributed by atoms with van der Waals surface area (Å²) in [6, 6.07) is 0.630. The molecule has 0 aliphatic carbocycles. The highest BCUT2D eigenvalue weighted by Gasteiger charge is 2.14. The number of hydrogen-bond donors (Lipinski definition) is 1. The molecule has 0 heterocycles. The van der Waals surface area contributed by atoms with Gasteiger partial charge in [0.15, 0.2) is 0 Å². The first-order valence-electron chi connectivity index (χ1n) is 5.48. The Morgan fingerprint density at radius 1 is 1.23 bits per heavy atom. The van der Waals surface area contributed by atoms with Gasteiger partial charge in [-0.15, -0.1) is 0 Å². The lowest BCUT2D eigenvalue weighted by Crippen LogP contribution is -2.35. The van der Waals surface area contributed by atoms with Crippen molar-refractivity contribution in [3.8, 4) is 0 Å². The molecule has 0 aliphatic rings. The van der Waals surface area contributed by atoms with E-state index in [9.17, 15) is 0 Å². The Hall–Kier alpha value is -0.0800. The van der Waals surface area contributed by atoms with Crippen LogP contribution in [0.5, 0.6) is 0 Å². The van der Waals surface area contributed by atoms with Crippen molar-refractivity contribution in [1.29, 1.82) is 0 Å². The van der Waals surface area contributed by atoms with Crippen molar-refractivity contribution < 1.29 is 4.74 Å². The molecule has 0 rings (SSSR count). The Morgan fingerprint density at radius 3 is 2.38 bits per heavy atom. The number of nitrogens with one attached hydrogen (secondary N) is 1. The smallest absolute Gasteiger partial charge is 0.0477 e. The maximum absolute atomic E-state index is 5.11. The molecule has 80 valence electrons. The molecule has 2 heteroatoms. The van der Waals surface area contributed by atoms with Gasteiger partial charge in [-0.1, -0.05) is 27.2 Å². The van der Waals surface area contributed by atoms with Crippen molar-refractivity contribution in [3.05, 3.63) is 0 Å². The lowest BCUT2D eigenvalue weighted by Gasteiger charge is -2.24. The average Bonchev–Trinajstić information content (AvgIpc) is 2.12. The molecule has 0 fully saturated rings. The van der Waals surface area contributed by atoms with Crippen LogP contribution in [-0.2, 0) is 4.74 Å². The van der Waals surface area contributed by atoms with Gasteiger partial charge in [0.25, 0.3) is 0 Å². The molecule has 0 saturated heterocycles. The van der Waals surface area contributed by atoms with Crippen molar-refractivity contribution in [3.63, 3.8) is 0 Å². The van der Waals surface area contributed by atoms with Gasteiger partial charge in [0, 0.05) is 19.8 Å². The molecule has 0 aromatic rings. The Kier molecular flexibility index (Phi) is 8.46. The lowest BCUT2D eigenvalue weighted by atomic mass is 9.94. The van der Waals surface area contributed by atoms with Crippen LogP contribution in [0.2, 0.25) is 0 Å². The van der Waals surface area contributed by atoms with Crippen LogP contribution in [0.1, 0.15) is 40.0 Å². The molecule has 1 N–H and O–H groups in total. The van der Waals surface area contributed by atoms with Gasteiger partial charge in [-0.05, 0) is 25.3 Å². The maximum atomic E-state index is 5.11. The molecule has 2 nitrogen and oxygen atoms in total. The highest BCUT2D eigenvalue weighted by Crippen LogP contribution is 2.13. The van der Waals surface area contributed by atoms with E-state index in [2.05, 4.69) is 26.1 Å². The van der Waals surface area contributed by atoms with Gasteiger partial charge in [0.1, 0.15) is 0 Å². The van der Waals surface area contributed by atoms with E-state index >= 15 is 0 Å². The summed E-state index contributed by atoms with van der Waals surface area (Å²) in [5.41, 5.74) is 0. The van der Waals surface area contributed by atoms with Gasteiger partial charge in [0.2, 0.25) is 0 Å². The predicted octanol–water partition coefficient (Wildman–Crippen LogP) is 2.44. The van der Waals surface area contributed by atoms with Gasteiger partial charge in [-0.2, -0.15) is 0 Å². The van der Waals surface area contributed by atoms with Crippen LogP contribution in [0, 0.1) is 5.92 Å². The third-order valence-electron chi connectivity index (χ3n) is 2.53. The van der Waals surface area contributed by atoms with E-state index in [0.29, 0.717) is 6.04 Å². The predicted molar refractivity (Wildman–Crippen MR) is 58.0 cm³/mol. The Bertz CT molecular complexity index is 106. The van der Waals surface area contributed by atoms with Crippen molar-refractivity contribution in [2.24, 2.45) is 5.92 Å². The van der Waals surface area contributed by atoms with Gasteiger partial charge < -0.3 is 10.1 Å². The van der Waals surface area contributed by atoms with E-state index in [0.717, 1.165) is 25.5 Å². The maximum Gasteiger partial charge on any atom is 0.0477 e. The second kappa shape index (κ2) is 8.52. The molecule has 0 saturated carbocycles. The van der Waals surface area contributed by atoms with Crippen LogP contribution < -0.4 is 5.32 Å². The summed E-state index contributed by atoms with van der Waals surface area (Å²) in [6.45, 7) is 8.66. The SMILES string of the molecule is CCCC(C)C(CCOC)NCC. The third-order valence-corrected chi connectivity index (χ3v) is 2.53. The molecule has 0 bridgehead atoms. The zero-order chi connectivity index (χ0) is 10.1. The fourth-order valence-corrected chi connectivity index (χ4v) is 1.75. The largest absolute Gasteiger partial charge is 0.385 e. The van der Waals surface area contributed by atoms with Crippen molar-refractivity contribution in [1.82, 2.24) is 5.32 Å². The van der Waals surface area contributed by atoms with Crippen molar-refractivity contribution in [2.75, 3.05) is 20.3 Å². The number of rotatable bonds is 8. The molecular weight excluding hydrogens is 162 g/mol. The minimum Gasteiger partial charge on any atom is -0.385 e. The lowest BCUT2D eigenvalue weighted by molar-refractivity contribution is 0.170. The van der Waals surface area contributed by atoms with Gasteiger partial charge in [0.05, 0.1) is 0 Å². The molecule has 0 amide bonds. The van der Waals surface area contributed by atoms with Crippen LogP contribution in [0.4, 0.5) is 0 Å². The van der Waals surface area contributed by atoms with Crippen molar-refractivity contribution in [2.45, 2.75) is 46.1 Å². The number of hydrogen-bond acceptors (Lipinski definition) is 2. The first-order chi connectivity index (χ1) is 6.26. The van der Waals surface area contributed by atoms with Crippen LogP contribution in [0.3, 0.4) is 0 Å². The second-order valence-electron chi connectivity index (χ2n) is 3.71. The zero-order valence-corrected chi connectivity index (χ0v) is 9.60. The molecule has 13 heavy (non-hydrogen) atoms. The van der Waals surface area contributed by atoms with E-state index in [4.69, 9.17) is 4.74 Å². The number of ether oxygens (including phenoxy) is 1. The fourth-order valence-electron chi connectivity index (χ4n) is 1.75. The van der Waals surface area contributed by atoms with Crippen molar-refractivity contribution >= 4 is 0 Å². The molecular formula is C11H25NO. The first-order valence-corrected chi connectivity index (χ1v) is 5.48. The van der Waals surface area contributed by atoms with Gasteiger partial charge in [-0.25, -0.2) is 0 Å². The van der Waals surface area contributed by atoms with Crippen LogP contribution >= 0.6 is 0 Å². The fraction of sp³-hybridized carbons (Fsp3) is 1.00. The summed E-state index contributed by atoms with van der Waals surface area (Å²) in [5, 5.41) is 3.52. The van der Waals surface area contributed by atoms with Crippen LogP contribution in [0.15, 0.2) is 0 Å². The molecule has 0 spiro atoms. The zero-order valence-electron chi connectivity index (χ0n) is 9.60. The van der Waals surface area contributed by atoms with E-state index in [1.54, 1.807) is 7.11 Å². The highest BCUT2D eigenvalue weighted by molar-refractivity contribution is 4.72. The normalized spacial score (nSPS) is 15.7. The van der Waals surface area contributed by atoms with Crippen LogP contribution in [0.25, 0.3) is 0 Å². The Balaban J connectivity index is 3.75. The van der Waals surface area contributed by atoms with E-state index < -0.39 is 0 Å². The van der Waals surface area contributed by atoms with E-state index in [1.165, 1.54) is 12.8 Å².